The molecule has 0 aliphatic heterocycles. The van der Waals surface area contributed by atoms with Gasteiger partial charge in [-0.25, -0.2) is 0 Å². The molecule has 2 aromatic carbocycles. The molecule has 0 saturated heterocycles. The second-order valence-corrected chi connectivity index (χ2v) is 5.83. The molecule has 3 rings (SSSR count). The van der Waals surface area contributed by atoms with Crippen molar-refractivity contribution in [1.29, 1.82) is 0 Å². The Morgan fingerprint density at radius 3 is 2.61 bits per heavy atom. The van der Waals surface area contributed by atoms with E-state index in [-0.39, 0.29) is 11.7 Å². The average Bonchev–Trinajstić information content (AvgIpc) is 3.03. The number of aromatic nitrogens is 3. The van der Waals surface area contributed by atoms with E-state index in [0.29, 0.717) is 32.7 Å². The van der Waals surface area contributed by atoms with Crippen molar-refractivity contribution in [2.24, 2.45) is 0 Å². The number of ketones is 1. The van der Waals surface area contributed by atoms with Crippen molar-refractivity contribution in [2.45, 2.75) is 5.88 Å². The molecule has 0 atom stereocenters. The van der Waals surface area contributed by atoms with Crippen LogP contribution in [0.1, 0.15) is 21.7 Å². The summed E-state index contributed by atoms with van der Waals surface area (Å²) in [5.41, 5.74) is 1.40. The summed E-state index contributed by atoms with van der Waals surface area (Å²) < 4.78 is 1.66. The Labute approximate surface area is 147 Å². The molecule has 4 nitrogen and oxygen atoms in total. The molecule has 0 saturated carbocycles. The van der Waals surface area contributed by atoms with Crippen molar-refractivity contribution in [3.8, 4) is 5.69 Å². The molecule has 1 aromatic heterocycles. The van der Waals surface area contributed by atoms with Gasteiger partial charge >= 0.3 is 0 Å². The van der Waals surface area contributed by atoms with Gasteiger partial charge in [0.05, 0.1) is 16.6 Å². The second-order valence-electron chi connectivity index (χ2n) is 4.72. The van der Waals surface area contributed by atoms with E-state index in [1.807, 2.05) is 0 Å². The Bertz CT molecular complexity index is 877. The van der Waals surface area contributed by atoms with Crippen molar-refractivity contribution >= 4 is 40.6 Å². The van der Waals surface area contributed by atoms with E-state index in [1.54, 1.807) is 47.0 Å². The molecule has 23 heavy (non-hydrogen) atoms. The third-order valence-corrected chi connectivity index (χ3v) is 4.12. The fourth-order valence-electron chi connectivity index (χ4n) is 2.24. The van der Waals surface area contributed by atoms with Crippen LogP contribution in [0.2, 0.25) is 10.0 Å². The molecule has 0 aliphatic rings. The minimum atomic E-state index is -0.234. The number of hydrogen-bond donors (Lipinski definition) is 0. The van der Waals surface area contributed by atoms with Gasteiger partial charge in [-0.05, 0) is 30.3 Å². The molecule has 116 valence electrons. The van der Waals surface area contributed by atoms with Gasteiger partial charge < -0.3 is 0 Å². The lowest BCUT2D eigenvalue weighted by atomic mass is 10.0. The normalized spacial score (nSPS) is 10.7. The standard InChI is InChI=1S/C16H10Cl3N3O/c17-8-15-21-20-9-22(15)14-6-5-10(18)7-12(14)16(23)11-3-1-2-4-13(11)19/h1-7,9H,8H2. The lowest BCUT2D eigenvalue weighted by molar-refractivity contribution is 0.103. The highest BCUT2D eigenvalue weighted by atomic mass is 35.5. The third-order valence-electron chi connectivity index (χ3n) is 3.32. The minimum absolute atomic E-state index is 0.169. The quantitative estimate of drug-likeness (QED) is 0.503. The molecule has 0 fully saturated rings. The van der Waals surface area contributed by atoms with Gasteiger partial charge in [0.1, 0.15) is 6.33 Å². The zero-order valence-electron chi connectivity index (χ0n) is 11.7. The molecule has 7 heteroatoms. The maximum Gasteiger partial charge on any atom is 0.196 e. The van der Waals surface area contributed by atoms with Crippen molar-refractivity contribution in [3.63, 3.8) is 0 Å². The van der Waals surface area contributed by atoms with Crippen LogP contribution in [0.15, 0.2) is 48.8 Å². The summed E-state index contributed by atoms with van der Waals surface area (Å²) in [6.45, 7) is 0. The SMILES string of the molecule is O=C(c1ccccc1Cl)c1cc(Cl)ccc1-n1cnnc1CCl. The Kier molecular flexibility index (Phi) is 4.66. The molecule has 0 amide bonds. The van der Waals surface area contributed by atoms with E-state index in [4.69, 9.17) is 34.8 Å². The van der Waals surface area contributed by atoms with E-state index in [2.05, 4.69) is 10.2 Å². The first kappa shape index (κ1) is 16.0. The summed E-state index contributed by atoms with van der Waals surface area (Å²) in [5.74, 6) is 0.465. The number of hydrogen-bond acceptors (Lipinski definition) is 3. The fourth-order valence-corrected chi connectivity index (χ4v) is 2.82. The lowest BCUT2D eigenvalue weighted by Gasteiger charge is -2.12. The second kappa shape index (κ2) is 6.71. The maximum absolute atomic E-state index is 12.9. The summed E-state index contributed by atoms with van der Waals surface area (Å²) in [6.07, 6.45) is 1.50. The van der Waals surface area contributed by atoms with Crippen LogP contribution in [0.3, 0.4) is 0 Å². The maximum atomic E-state index is 12.9. The van der Waals surface area contributed by atoms with Gasteiger partial charge in [0, 0.05) is 16.1 Å². The number of carbonyl (C=O) groups excluding carboxylic acids is 1. The molecule has 1 heterocycles. The molecular formula is C16H10Cl3N3O. The van der Waals surface area contributed by atoms with Gasteiger partial charge in [-0.2, -0.15) is 0 Å². The highest BCUT2D eigenvalue weighted by Gasteiger charge is 2.19. The smallest absolute Gasteiger partial charge is 0.196 e. The highest BCUT2D eigenvalue weighted by Crippen LogP contribution is 2.26. The zero-order chi connectivity index (χ0) is 16.4. The van der Waals surface area contributed by atoms with Crippen molar-refractivity contribution in [1.82, 2.24) is 14.8 Å². The predicted octanol–water partition coefficient (Wildman–Crippen LogP) is 4.54. The molecule has 0 aliphatic carbocycles. The molecule has 0 unspecified atom stereocenters. The number of carbonyl (C=O) groups is 1. The van der Waals surface area contributed by atoms with Gasteiger partial charge in [0.25, 0.3) is 0 Å². The zero-order valence-corrected chi connectivity index (χ0v) is 14.0. The summed E-state index contributed by atoms with van der Waals surface area (Å²) >= 11 is 18.1. The number of halogens is 3. The Hall–Kier alpha value is -1.88. The molecule has 3 aromatic rings. The first-order valence-corrected chi connectivity index (χ1v) is 7.95. The van der Waals surface area contributed by atoms with Crippen LogP contribution in [-0.2, 0) is 5.88 Å². The minimum Gasteiger partial charge on any atom is -0.288 e. The molecule has 0 bridgehead atoms. The van der Waals surface area contributed by atoms with Gasteiger partial charge in [0.2, 0.25) is 0 Å². The molecular weight excluding hydrogens is 357 g/mol. The van der Waals surface area contributed by atoms with Crippen LogP contribution in [0, 0.1) is 0 Å². The van der Waals surface area contributed by atoms with Gasteiger partial charge in [-0.3, -0.25) is 9.36 Å². The first-order valence-electron chi connectivity index (χ1n) is 6.66. The van der Waals surface area contributed by atoms with E-state index in [9.17, 15) is 4.79 Å². The predicted molar refractivity (Wildman–Crippen MR) is 90.8 cm³/mol. The fraction of sp³-hybridized carbons (Fsp3) is 0.0625. The van der Waals surface area contributed by atoms with E-state index in [0.717, 1.165) is 0 Å². The summed E-state index contributed by atoms with van der Waals surface area (Å²) in [7, 11) is 0. The number of rotatable bonds is 4. The van der Waals surface area contributed by atoms with Crippen molar-refractivity contribution in [3.05, 3.63) is 75.8 Å². The summed E-state index contributed by atoms with van der Waals surface area (Å²) in [6, 6.07) is 11.9. The Balaban J connectivity index is 2.18. The molecule has 0 N–H and O–H groups in total. The van der Waals surface area contributed by atoms with Gasteiger partial charge in [0.15, 0.2) is 11.6 Å². The van der Waals surface area contributed by atoms with Crippen LogP contribution in [0.5, 0.6) is 0 Å². The summed E-state index contributed by atoms with van der Waals surface area (Å²) in [5, 5.41) is 8.60. The molecule has 0 spiro atoms. The van der Waals surface area contributed by atoms with E-state index in [1.165, 1.54) is 6.33 Å². The van der Waals surface area contributed by atoms with E-state index >= 15 is 0 Å². The summed E-state index contributed by atoms with van der Waals surface area (Å²) in [4.78, 5) is 12.9. The lowest BCUT2D eigenvalue weighted by Crippen LogP contribution is -2.09. The number of alkyl halides is 1. The number of nitrogens with zero attached hydrogens (tertiary/aromatic N) is 3. The Morgan fingerprint density at radius 2 is 1.87 bits per heavy atom. The number of benzene rings is 2. The highest BCUT2D eigenvalue weighted by molar-refractivity contribution is 6.35. The van der Waals surface area contributed by atoms with Crippen LogP contribution in [-0.4, -0.2) is 20.5 Å². The van der Waals surface area contributed by atoms with Crippen LogP contribution < -0.4 is 0 Å². The van der Waals surface area contributed by atoms with Gasteiger partial charge in [-0.1, -0.05) is 35.3 Å². The van der Waals surface area contributed by atoms with Crippen LogP contribution in [0.25, 0.3) is 5.69 Å². The average molecular weight is 367 g/mol. The monoisotopic (exact) mass is 365 g/mol. The topological polar surface area (TPSA) is 47.8 Å². The molecule has 0 radical (unpaired) electrons. The van der Waals surface area contributed by atoms with Crippen LogP contribution in [0.4, 0.5) is 0 Å². The Morgan fingerprint density at radius 1 is 1.09 bits per heavy atom. The van der Waals surface area contributed by atoms with E-state index < -0.39 is 0 Å². The third kappa shape index (κ3) is 3.11. The van der Waals surface area contributed by atoms with Crippen molar-refractivity contribution < 1.29 is 4.79 Å². The van der Waals surface area contributed by atoms with Crippen molar-refractivity contribution in [2.75, 3.05) is 0 Å². The van der Waals surface area contributed by atoms with Crippen LogP contribution >= 0.6 is 34.8 Å². The largest absolute Gasteiger partial charge is 0.288 e. The van der Waals surface area contributed by atoms with Gasteiger partial charge in [-0.15, -0.1) is 21.8 Å². The first-order chi connectivity index (χ1) is 11.1.